The molecule has 6 heteroatoms. The number of hydrogen-bond donors (Lipinski definition) is 2. The van der Waals surface area contributed by atoms with E-state index in [1.54, 1.807) is 0 Å². The van der Waals surface area contributed by atoms with Crippen LogP contribution in [0.25, 0.3) is 0 Å². The van der Waals surface area contributed by atoms with Crippen LogP contribution in [0.2, 0.25) is 0 Å². The summed E-state index contributed by atoms with van der Waals surface area (Å²) in [5, 5.41) is 3.85. The molecule has 1 aromatic rings. The predicted molar refractivity (Wildman–Crippen MR) is 109 cm³/mol. The quantitative estimate of drug-likeness (QED) is 0.824. The third-order valence-electron chi connectivity index (χ3n) is 5.37. The zero-order valence-corrected chi connectivity index (χ0v) is 16.7. The van der Waals surface area contributed by atoms with Gasteiger partial charge in [-0.15, -0.1) is 24.8 Å². The molecule has 1 saturated carbocycles. The number of amides is 1. The van der Waals surface area contributed by atoms with E-state index < -0.39 is 0 Å². The zero-order valence-electron chi connectivity index (χ0n) is 15.1. The van der Waals surface area contributed by atoms with Crippen molar-refractivity contribution in [3.05, 3.63) is 29.8 Å². The second-order valence-electron chi connectivity index (χ2n) is 7.09. The molecule has 1 aromatic carbocycles. The van der Waals surface area contributed by atoms with Gasteiger partial charge in [0.25, 0.3) is 0 Å². The number of rotatable bonds is 3. The molecule has 3 rings (SSSR count). The van der Waals surface area contributed by atoms with Crippen LogP contribution in [0.1, 0.15) is 64.0 Å². The molecule has 0 unspecified atom stereocenters. The van der Waals surface area contributed by atoms with Gasteiger partial charge < -0.3 is 16.0 Å². The number of anilines is 1. The van der Waals surface area contributed by atoms with Crippen molar-refractivity contribution >= 4 is 36.4 Å². The summed E-state index contributed by atoms with van der Waals surface area (Å²) >= 11 is 0. The van der Waals surface area contributed by atoms with Gasteiger partial charge in [-0.1, -0.05) is 25.1 Å². The highest BCUT2D eigenvalue weighted by Gasteiger charge is 2.34. The van der Waals surface area contributed by atoms with E-state index in [0.717, 1.165) is 37.8 Å². The molecule has 4 nitrogen and oxygen atoms in total. The average molecular weight is 388 g/mol. The first-order valence-corrected chi connectivity index (χ1v) is 9.02. The van der Waals surface area contributed by atoms with E-state index in [9.17, 15) is 4.79 Å². The third-order valence-corrected chi connectivity index (χ3v) is 5.37. The van der Waals surface area contributed by atoms with Crippen LogP contribution in [0.15, 0.2) is 24.3 Å². The summed E-state index contributed by atoms with van der Waals surface area (Å²) in [5.74, 6) is 0.215. The van der Waals surface area contributed by atoms with Gasteiger partial charge in [-0.3, -0.25) is 4.79 Å². The molecule has 2 aliphatic rings. The summed E-state index contributed by atoms with van der Waals surface area (Å²) in [4.78, 5) is 14.4. The number of fused-ring (bicyclic) bond motifs is 1. The van der Waals surface area contributed by atoms with Crippen LogP contribution in [0.5, 0.6) is 0 Å². The Morgan fingerprint density at radius 3 is 2.48 bits per heavy atom. The summed E-state index contributed by atoms with van der Waals surface area (Å²) in [7, 11) is 0. The van der Waals surface area contributed by atoms with E-state index in [4.69, 9.17) is 5.73 Å². The first-order chi connectivity index (χ1) is 11.1. The van der Waals surface area contributed by atoms with Crippen LogP contribution < -0.4 is 16.0 Å². The molecule has 1 heterocycles. The van der Waals surface area contributed by atoms with Crippen molar-refractivity contribution in [2.75, 3.05) is 4.90 Å². The van der Waals surface area contributed by atoms with Gasteiger partial charge in [-0.2, -0.15) is 0 Å². The van der Waals surface area contributed by atoms with Crippen molar-refractivity contribution in [3.8, 4) is 0 Å². The Bertz CT molecular complexity index is 561. The number of nitrogens with two attached hydrogens (primary N) is 1. The van der Waals surface area contributed by atoms with E-state index in [1.165, 1.54) is 5.56 Å². The Morgan fingerprint density at radius 2 is 1.84 bits per heavy atom. The molecule has 0 aromatic heterocycles. The van der Waals surface area contributed by atoms with E-state index >= 15 is 0 Å². The van der Waals surface area contributed by atoms with E-state index in [1.807, 2.05) is 17.9 Å². The van der Waals surface area contributed by atoms with Gasteiger partial charge in [0.15, 0.2) is 0 Å². The summed E-state index contributed by atoms with van der Waals surface area (Å²) in [6, 6.07) is 9.87. The van der Waals surface area contributed by atoms with Gasteiger partial charge >= 0.3 is 0 Å². The highest BCUT2D eigenvalue weighted by molar-refractivity contribution is 5.95. The van der Waals surface area contributed by atoms with Gasteiger partial charge in [-0.25, -0.2) is 0 Å². The number of halogens is 2. The molecule has 0 bridgehead atoms. The topological polar surface area (TPSA) is 58.4 Å². The Morgan fingerprint density at radius 1 is 1.20 bits per heavy atom. The molecule has 1 aliphatic carbocycles. The van der Waals surface area contributed by atoms with Gasteiger partial charge in [0.2, 0.25) is 5.91 Å². The SMILES string of the molecule is CCC(=O)N1c2ccccc2[C@H](NC2CCC(N)CC2)C[C@@H]1C.Cl.Cl. The maximum Gasteiger partial charge on any atom is 0.226 e. The molecule has 25 heavy (non-hydrogen) atoms. The predicted octanol–water partition coefficient (Wildman–Crippen LogP) is 3.97. The fourth-order valence-corrected chi connectivity index (χ4v) is 4.09. The van der Waals surface area contributed by atoms with Crippen LogP contribution in [0.4, 0.5) is 5.69 Å². The number of para-hydroxylation sites is 1. The molecule has 142 valence electrons. The smallest absolute Gasteiger partial charge is 0.226 e. The Kier molecular flexibility index (Phi) is 8.69. The highest BCUT2D eigenvalue weighted by Crippen LogP contribution is 2.38. The van der Waals surface area contributed by atoms with E-state index in [2.05, 4.69) is 30.4 Å². The van der Waals surface area contributed by atoms with Crippen LogP contribution in [0, 0.1) is 0 Å². The monoisotopic (exact) mass is 387 g/mol. The minimum absolute atomic E-state index is 0. The molecule has 1 fully saturated rings. The first-order valence-electron chi connectivity index (χ1n) is 9.02. The normalized spacial score (nSPS) is 28.4. The number of nitrogens with one attached hydrogen (secondary N) is 1. The lowest BCUT2D eigenvalue weighted by atomic mass is 9.87. The molecule has 1 aliphatic heterocycles. The van der Waals surface area contributed by atoms with E-state index in [-0.39, 0.29) is 36.8 Å². The molecule has 0 spiro atoms. The van der Waals surface area contributed by atoms with Gasteiger partial charge in [0, 0.05) is 36.3 Å². The lowest BCUT2D eigenvalue weighted by Gasteiger charge is -2.41. The van der Waals surface area contributed by atoms with Crippen molar-refractivity contribution in [2.45, 2.75) is 76.5 Å². The Labute approximate surface area is 163 Å². The number of hydrogen-bond acceptors (Lipinski definition) is 3. The molecular formula is C19H31Cl2N3O. The summed E-state index contributed by atoms with van der Waals surface area (Å²) in [5.41, 5.74) is 8.38. The molecule has 2 atom stereocenters. The maximum absolute atomic E-state index is 12.4. The molecular weight excluding hydrogens is 357 g/mol. The number of carbonyl (C=O) groups is 1. The number of nitrogens with zero attached hydrogens (tertiary/aromatic N) is 1. The lowest BCUT2D eigenvalue weighted by Crippen LogP contribution is -2.47. The third kappa shape index (κ3) is 4.88. The Hall–Kier alpha value is -0.810. The highest BCUT2D eigenvalue weighted by atomic mass is 35.5. The average Bonchev–Trinajstić information content (AvgIpc) is 2.56. The first kappa shape index (κ1) is 22.2. The lowest BCUT2D eigenvalue weighted by molar-refractivity contribution is -0.118. The number of benzene rings is 1. The van der Waals surface area contributed by atoms with Crippen molar-refractivity contribution in [1.82, 2.24) is 5.32 Å². The fraction of sp³-hybridized carbons (Fsp3) is 0.632. The van der Waals surface area contributed by atoms with Crippen molar-refractivity contribution in [1.29, 1.82) is 0 Å². The van der Waals surface area contributed by atoms with Gasteiger partial charge in [0.1, 0.15) is 0 Å². The van der Waals surface area contributed by atoms with Crippen LogP contribution in [-0.4, -0.2) is 24.0 Å². The summed E-state index contributed by atoms with van der Waals surface area (Å²) in [6.45, 7) is 4.10. The van der Waals surface area contributed by atoms with Crippen LogP contribution >= 0.6 is 24.8 Å². The van der Waals surface area contributed by atoms with Crippen LogP contribution in [-0.2, 0) is 4.79 Å². The zero-order chi connectivity index (χ0) is 16.4. The summed E-state index contributed by atoms with van der Waals surface area (Å²) in [6.07, 6.45) is 6.07. The van der Waals surface area contributed by atoms with Gasteiger partial charge in [-0.05, 0) is 50.7 Å². The second-order valence-corrected chi connectivity index (χ2v) is 7.09. The molecule has 0 saturated heterocycles. The standard InChI is InChI=1S/C19H29N3O.2ClH/c1-3-19(23)22-13(2)12-17(16-6-4-5-7-18(16)22)21-15-10-8-14(20)9-11-15;;/h4-7,13-15,17,21H,3,8-12,20H2,1-2H3;2*1H/t13-,14?,15?,17+;;/m0../s1. The largest absolute Gasteiger partial charge is 0.328 e. The van der Waals surface area contributed by atoms with Crippen molar-refractivity contribution < 1.29 is 4.79 Å². The second kappa shape index (κ2) is 9.77. The molecule has 1 amide bonds. The number of carbonyl (C=O) groups excluding carboxylic acids is 1. The van der Waals surface area contributed by atoms with Crippen LogP contribution in [0.3, 0.4) is 0 Å². The van der Waals surface area contributed by atoms with E-state index in [0.29, 0.717) is 24.5 Å². The van der Waals surface area contributed by atoms with Crippen molar-refractivity contribution in [2.24, 2.45) is 5.73 Å². The van der Waals surface area contributed by atoms with Crippen molar-refractivity contribution in [3.63, 3.8) is 0 Å². The minimum Gasteiger partial charge on any atom is -0.328 e. The Balaban J connectivity index is 0.00000156. The fourth-order valence-electron chi connectivity index (χ4n) is 4.09. The minimum atomic E-state index is 0. The van der Waals surface area contributed by atoms with Gasteiger partial charge in [0.05, 0.1) is 0 Å². The maximum atomic E-state index is 12.4. The molecule has 3 N–H and O–H groups in total. The molecule has 0 radical (unpaired) electrons. The summed E-state index contributed by atoms with van der Waals surface area (Å²) < 4.78 is 0.